The Morgan fingerprint density at radius 2 is 1.96 bits per heavy atom. The highest BCUT2D eigenvalue weighted by Gasteiger charge is 2.31. The zero-order valence-electron chi connectivity index (χ0n) is 12.3. The number of anilines is 1. The number of carbonyl (C=O) groups excluding carboxylic acids is 1. The Kier molecular flexibility index (Phi) is 3.99. The molecule has 1 saturated heterocycles. The normalized spacial score (nSPS) is 15.9. The summed E-state index contributed by atoms with van der Waals surface area (Å²) >= 11 is 5.24. The van der Waals surface area contributed by atoms with E-state index in [2.05, 4.69) is 5.32 Å². The Morgan fingerprint density at radius 3 is 2.61 bits per heavy atom. The molecule has 2 aromatic rings. The number of rotatable bonds is 3. The summed E-state index contributed by atoms with van der Waals surface area (Å²) in [7, 11) is 1.48. The van der Waals surface area contributed by atoms with Crippen LogP contribution in [0.5, 0.6) is 11.5 Å². The van der Waals surface area contributed by atoms with Crippen LogP contribution in [0.15, 0.2) is 54.2 Å². The van der Waals surface area contributed by atoms with Gasteiger partial charge in [0.2, 0.25) is 0 Å². The minimum Gasteiger partial charge on any atom is -0.504 e. The van der Waals surface area contributed by atoms with Crippen molar-refractivity contribution in [3.8, 4) is 11.5 Å². The fraction of sp³-hybridized carbons (Fsp3) is 0.0588. The van der Waals surface area contributed by atoms with E-state index in [9.17, 15) is 9.90 Å². The topological polar surface area (TPSA) is 61.8 Å². The molecule has 3 rings (SSSR count). The third-order valence-corrected chi connectivity index (χ3v) is 3.69. The number of thiocarbonyl (C=S) groups is 1. The molecule has 5 nitrogen and oxygen atoms in total. The average Bonchev–Trinajstić information content (AvgIpc) is 2.82. The molecule has 1 fully saturated rings. The van der Waals surface area contributed by atoms with Gasteiger partial charge in [-0.05, 0) is 48.1 Å². The Morgan fingerprint density at radius 1 is 1.22 bits per heavy atom. The summed E-state index contributed by atoms with van der Waals surface area (Å²) in [5.74, 6) is 0.144. The first kappa shape index (κ1) is 15.1. The summed E-state index contributed by atoms with van der Waals surface area (Å²) in [4.78, 5) is 14.0. The first-order valence-corrected chi connectivity index (χ1v) is 7.30. The van der Waals surface area contributed by atoms with Crippen molar-refractivity contribution in [2.75, 3.05) is 12.0 Å². The van der Waals surface area contributed by atoms with Crippen molar-refractivity contribution in [1.29, 1.82) is 0 Å². The predicted octanol–water partition coefficient (Wildman–Crippen LogP) is 2.66. The van der Waals surface area contributed by atoms with Gasteiger partial charge in [0, 0.05) is 0 Å². The van der Waals surface area contributed by atoms with Crippen molar-refractivity contribution in [2.45, 2.75) is 0 Å². The van der Waals surface area contributed by atoms with Gasteiger partial charge in [0.25, 0.3) is 5.91 Å². The summed E-state index contributed by atoms with van der Waals surface area (Å²) in [6, 6.07) is 14.1. The van der Waals surface area contributed by atoms with Crippen LogP contribution in [0.1, 0.15) is 5.56 Å². The summed E-state index contributed by atoms with van der Waals surface area (Å²) in [6.07, 6.45) is 1.64. The number of phenols is 1. The van der Waals surface area contributed by atoms with Crippen LogP contribution in [0.2, 0.25) is 0 Å². The zero-order chi connectivity index (χ0) is 16.4. The molecule has 116 valence electrons. The second-order valence-electron chi connectivity index (χ2n) is 4.90. The van der Waals surface area contributed by atoms with E-state index in [1.54, 1.807) is 18.2 Å². The number of para-hydroxylation sites is 1. The maximum atomic E-state index is 12.5. The van der Waals surface area contributed by atoms with Gasteiger partial charge in [-0.3, -0.25) is 9.69 Å². The number of carbonyl (C=O) groups is 1. The van der Waals surface area contributed by atoms with Crippen LogP contribution in [0.4, 0.5) is 5.69 Å². The van der Waals surface area contributed by atoms with E-state index < -0.39 is 0 Å². The third-order valence-electron chi connectivity index (χ3n) is 3.41. The highest BCUT2D eigenvalue weighted by molar-refractivity contribution is 7.80. The number of benzene rings is 2. The van der Waals surface area contributed by atoms with Gasteiger partial charge in [-0.15, -0.1) is 0 Å². The molecule has 0 saturated carbocycles. The molecule has 0 spiro atoms. The van der Waals surface area contributed by atoms with E-state index in [0.29, 0.717) is 27.8 Å². The number of hydrogen-bond donors (Lipinski definition) is 2. The maximum absolute atomic E-state index is 12.5. The number of methoxy groups -OCH3 is 1. The second kappa shape index (κ2) is 6.10. The lowest BCUT2D eigenvalue weighted by atomic mass is 10.1. The molecule has 0 aromatic heterocycles. The van der Waals surface area contributed by atoms with Crippen LogP contribution in [0, 0.1) is 0 Å². The molecular formula is C17H14N2O3S. The number of nitrogens with zero attached hydrogens (tertiary/aromatic N) is 1. The number of ether oxygens (including phenoxy) is 1. The fourth-order valence-electron chi connectivity index (χ4n) is 2.31. The fourth-order valence-corrected chi connectivity index (χ4v) is 2.61. The molecule has 2 N–H and O–H groups in total. The first-order chi connectivity index (χ1) is 11.1. The zero-order valence-corrected chi connectivity index (χ0v) is 13.1. The van der Waals surface area contributed by atoms with Crippen LogP contribution >= 0.6 is 12.2 Å². The number of hydrogen-bond acceptors (Lipinski definition) is 4. The van der Waals surface area contributed by atoms with Gasteiger partial charge < -0.3 is 15.2 Å². The molecule has 1 amide bonds. The molecule has 1 aliphatic rings. The Hall–Kier alpha value is -2.86. The summed E-state index contributed by atoms with van der Waals surface area (Å²) < 4.78 is 5.00. The van der Waals surface area contributed by atoms with Gasteiger partial charge >= 0.3 is 0 Å². The van der Waals surface area contributed by atoms with Crippen molar-refractivity contribution < 1.29 is 14.6 Å². The van der Waals surface area contributed by atoms with Gasteiger partial charge in [-0.25, -0.2) is 0 Å². The SMILES string of the molecule is COc1ccc(/C=C2\NC(=S)N(c3ccccc3)C2=O)cc1O. The predicted molar refractivity (Wildman–Crippen MR) is 92.3 cm³/mol. The first-order valence-electron chi connectivity index (χ1n) is 6.89. The van der Waals surface area contributed by atoms with Crippen molar-refractivity contribution >= 4 is 35.0 Å². The molecule has 0 atom stereocenters. The Balaban J connectivity index is 1.91. The van der Waals surface area contributed by atoms with E-state index in [1.807, 2.05) is 30.3 Å². The van der Waals surface area contributed by atoms with E-state index >= 15 is 0 Å². The molecular weight excluding hydrogens is 312 g/mol. The molecule has 0 unspecified atom stereocenters. The van der Waals surface area contributed by atoms with Crippen molar-refractivity contribution in [2.24, 2.45) is 0 Å². The van der Waals surface area contributed by atoms with E-state index in [0.717, 1.165) is 0 Å². The van der Waals surface area contributed by atoms with E-state index in [-0.39, 0.29) is 11.7 Å². The summed E-state index contributed by atoms with van der Waals surface area (Å²) in [6.45, 7) is 0. The lowest BCUT2D eigenvalue weighted by molar-refractivity contribution is -0.113. The summed E-state index contributed by atoms with van der Waals surface area (Å²) in [5, 5.41) is 13.0. The molecule has 0 aliphatic carbocycles. The van der Waals surface area contributed by atoms with Crippen LogP contribution in [-0.4, -0.2) is 23.2 Å². The maximum Gasteiger partial charge on any atom is 0.281 e. The van der Waals surface area contributed by atoms with Gasteiger partial charge in [0.05, 0.1) is 12.8 Å². The Bertz CT molecular complexity index is 803. The molecule has 1 heterocycles. The minimum atomic E-state index is -0.239. The average molecular weight is 326 g/mol. The molecule has 1 aliphatic heterocycles. The highest BCUT2D eigenvalue weighted by atomic mass is 32.1. The molecule has 6 heteroatoms. The van der Waals surface area contributed by atoms with Gasteiger partial charge in [-0.2, -0.15) is 0 Å². The number of amides is 1. The molecule has 0 radical (unpaired) electrons. The summed E-state index contributed by atoms with van der Waals surface area (Å²) in [5.41, 5.74) is 1.72. The number of phenolic OH excluding ortho intramolecular Hbond substituents is 1. The lowest BCUT2D eigenvalue weighted by Gasteiger charge is -2.13. The highest BCUT2D eigenvalue weighted by Crippen LogP contribution is 2.28. The second-order valence-corrected chi connectivity index (χ2v) is 5.28. The van der Waals surface area contributed by atoms with Crippen LogP contribution in [0.25, 0.3) is 6.08 Å². The van der Waals surface area contributed by atoms with Gasteiger partial charge in [0.15, 0.2) is 16.6 Å². The largest absolute Gasteiger partial charge is 0.504 e. The minimum absolute atomic E-state index is 0.00906. The number of nitrogens with one attached hydrogen (secondary N) is 1. The third kappa shape index (κ3) is 2.89. The van der Waals surface area contributed by atoms with E-state index in [4.69, 9.17) is 17.0 Å². The van der Waals surface area contributed by atoms with E-state index in [1.165, 1.54) is 18.1 Å². The Labute approximate surface area is 138 Å². The van der Waals surface area contributed by atoms with Crippen molar-refractivity contribution in [3.63, 3.8) is 0 Å². The quantitative estimate of drug-likeness (QED) is 0.671. The van der Waals surface area contributed by atoms with Crippen LogP contribution < -0.4 is 15.0 Å². The molecule has 0 bridgehead atoms. The van der Waals surface area contributed by atoms with Gasteiger partial charge in [0.1, 0.15) is 5.70 Å². The monoisotopic (exact) mass is 326 g/mol. The smallest absolute Gasteiger partial charge is 0.281 e. The van der Waals surface area contributed by atoms with Crippen LogP contribution in [0.3, 0.4) is 0 Å². The standard InChI is InChI=1S/C17H14N2O3S/c1-22-15-8-7-11(10-14(15)20)9-13-16(21)19(17(23)18-13)12-5-3-2-4-6-12/h2-10,20H,1H3,(H,18,23)/b13-9-. The van der Waals surface area contributed by atoms with Crippen molar-refractivity contribution in [3.05, 3.63) is 59.8 Å². The van der Waals surface area contributed by atoms with Crippen LogP contribution in [-0.2, 0) is 4.79 Å². The lowest BCUT2D eigenvalue weighted by Crippen LogP contribution is -2.30. The van der Waals surface area contributed by atoms with Crippen molar-refractivity contribution in [1.82, 2.24) is 5.32 Å². The molecule has 23 heavy (non-hydrogen) atoms. The number of aromatic hydroxyl groups is 1. The molecule has 2 aromatic carbocycles. The van der Waals surface area contributed by atoms with Gasteiger partial charge in [-0.1, -0.05) is 24.3 Å².